The molecule has 5 unspecified atom stereocenters. The molecule has 6 rings (SSSR count). The van der Waals surface area contributed by atoms with Crippen molar-refractivity contribution in [3.05, 3.63) is 65.2 Å². The van der Waals surface area contributed by atoms with E-state index in [1.807, 2.05) is 0 Å². The van der Waals surface area contributed by atoms with Crippen LogP contribution in [0.1, 0.15) is 24.8 Å². The number of hydrogen-bond donors (Lipinski definition) is 2. The Kier molecular flexibility index (Phi) is 5.69. The third-order valence-corrected chi connectivity index (χ3v) is 10.2. The lowest BCUT2D eigenvalue weighted by Crippen LogP contribution is -2.53. The van der Waals surface area contributed by atoms with Crippen molar-refractivity contribution in [2.75, 3.05) is 17.2 Å². The zero-order chi connectivity index (χ0) is 27.0. The largest absolute Gasteiger partial charge is 0.511 e. The van der Waals surface area contributed by atoms with Crippen LogP contribution in [0.5, 0.6) is 0 Å². The predicted octanol–water partition coefficient (Wildman–Crippen LogP) is 3.97. The number of amides is 1. The van der Waals surface area contributed by atoms with Gasteiger partial charge in [-0.2, -0.15) is 4.36 Å². The fourth-order valence-electron chi connectivity index (χ4n) is 6.46. The van der Waals surface area contributed by atoms with E-state index in [-0.39, 0.29) is 69.6 Å². The molecule has 0 spiro atoms. The van der Waals surface area contributed by atoms with Crippen molar-refractivity contribution < 1.29 is 26.9 Å². The minimum atomic E-state index is -3.55. The van der Waals surface area contributed by atoms with Gasteiger partial charge in [0.05, 0.1) is 26.6 Å². The summed E-state index contributed by atoms with van der Waals surface area (Å²) in [6.45, 7) is 0.242. The number of fused-ring (bicyclic) bond motifs is 6. The number of anilines is 1. The van der Waals surface area contributed by atoms with Crippen LogP contribution < -0.4 is 4.72 Å². The predicted molar refractivity (Wildman–Crippen MR) is 141 cm³/mol. The van der Waals surface area contributed by atoms with Gasteiger partial charge < -0.3 is 10.0 Å². The topological polar surface area (TPSA) is 128 Å². The molecule has 2 aromatic carbocycles. The second kappa shape index (κ2) is 8.63. The summed E-state index contributed by atoms with van der Waals surface area (Å²) in [5, 5.41) is 11.5. The van der Waals surface area contributed by atoms with Crippen molar-refractivity contribution in [1.82, 2.24) is 4.90 Å². The number of amidine groups is 1. The van der Waals surface area contributed by atoms with Gasteiger partial charge in [-0.3, -0.25) is 9.52 Å². The Hall–Kier alpha value is -3.25. The summed E-state index contributed by atoms with van der Waals surface area (Å²) < 4.78 is 57.2. The van der Waals surface area contributed by atoms with Gasteiger partial charge in [0.25, 0.3) is 5.91 Å². The summed E-state index contributed by atoms with van der Waals surface area (Å²) in [7, 11) is -6.68. The van der Waals surface area contributed by atoms with Gasteiger partial charge in [-0.15, -0.1) is 0 Å². The van der Waals surface area contributed by atoms with Crippen LogP contribution in [0.25, 0.3) is 0 Å². The molecule has 12 heteroatoms. The summed E-state index contributed by atoms with van der Waals surface area (Å²) in [6.07, 6.45) is 5.25. The number of halogens is 1. The van der Waals surface area contributed by atoms with Gasteiger partial charge in [0.1, 0.15) is 17.1 Å². The number of carbonyl (C=O) groups is 1. The molecular formula is C26H27FN4O5S2. The van der Waals surface area contributed by atoms with Crippen LogP contribution in [0.2, 0.25) is 0 Å². The van der Waals surface area contributed by atoms with Crippen LogP contribution in [0.15, 0.2) is 68.0 Å². The fraction of sp³-hybridized carbons (Fsp3) is 0.385. The van der Waals surface area contributed by atoms with Crippen LogP contribution in [0.3, 0.4) is 0 Å². The highest BCUT2D eigenvalue weighted by Crippen LogP contribution is 2.55. The Morgan fingerprint density at radius 1 is 1.16 bits per heavy atom. The molecule has 38 heavy (non-hydrogen) atoms. The fourth-order valence-corrected chi connectivity index (χ4v) is 8.42. The standard InChI is InChI=1S/C26H27FN4O5S2/c1-37(34)20-12-18(29-38(2,35)36)9-10-19(20)28-25(30-37)22-24(32)21-15-5-6-16(11-15)23(21)31(26(22)33)13-14-3-7-17(27)8-4-14/h3-4,7-10,12,15-16,21,23,29,32H,5-6,11,13H2,1-2H3. The molecule has 2 fully saturated rings. The number of aliphatic hydroxyl groups excluding tert-OH is 1. The molecule has 0 aromatic heterocycles. The molecule has 1 amide bonds. The number of sulfonamides is 1. The summed E-state index contributed by atoms with van der Waals surface area (Å²) in [6, 6.07) is 10.2. The average molecular weight is 559 g/mol. The smallest absolute Gasteiger partial charge is 0.261 e. The molecule has 0 radical (unpaired) electrons. The Bertz CT molecular complexity index is 1660. The first-order valence-electron chi connectivity index (χ1n) is 12.3. The number of aliphatic imine (C=N–C) groups is 1. The van der Waals surface area contributed by atoms with E-state index in [0.717, 1.165) is 31.1 Å². The second-order valence-electron chi connectivity index (χ2n) is 10.6. The minimum absolute atomic E-state index is 0.0560. The maximum atomic E-state index is 14.0. The van der Waals surface area contributed by atoms with Gasteiger partial charge in [0.15, 0.2) is 5.84 Å². The van der Waals surface area contributed by atoms with Crippen molar-refractivity contribution >= 4 is 42.9 Å². The molecule has 5 atom stereocenters. The highest BCUT2D eigenvalue weighted by molar-refractivity contribution is 7.93. The third-order valence-electron chi connectivity index (χ3n) is 7.93. The molecule has 2 aromatic rings. The van der Waals surface area contributed by atoms with Gasteiger partial charge in [0.2, 0.25) is 10.0 Å². The van der Waals surface area contributed by atoms with Crippen LogP contribution in [-0.4, -0.2) is 52.9 Å². The highest BCUT2D eigenvalue weighted by Gasteiger charge is 2.57. The molecule has 2 aliphatic heterocycles. The third kappa shape index (κ3) is 4.19. The first-order chi connectivity index (χ1) is 17.9. The summed E-state index contributed by atoms with van der Waals surface area (Å²) >= 11 is 0. The van der Waals surface area contributed by atoms with E-state index in [2.05, 4.69) is 14.1 Å². The van der Waals surface area contributed by atoms with E-state index < -0.39 is 25.7 Å². The number of hydrogen-bond acceptors (Lipinski definition) is 7. The Morgan fingerprint density at radius 2 is 1.87 bits per heavy atom. The van der Waals surface area contributed by atoms with Crippen molar-refractivity contribution in [1.29, 1.82) is 0 Å². The van der Waals surface area contributed by atoms with Crippen molar-refractivity contribution in [3.8, 4) is 0 Å². The highest BCUT2D eigenvalue weighted by atomic mass is 32.2. The second-order valence-corrected chi connectivity index (χ2v) is 14.5. The number of carbonyl (C=O) groups excluding carboxylic acids is 1. The maximum absolute atomic E-state index is 14.0. The summed E-state index contributed by atoms with van der Waals surface area (Å²) in [4.78, 5) is 20.5. The van der Waals surface area contributed by atoms with E-state index in [4.69, 9.17) is 0 Å². The monoisotopic (exact) mass is 558 g/mol. The number of rotatable bonds is 5. The normalized spacial score (nSPS) is 30.0. The quantitative estimate of drug-likeness (QED) is 0.574. The molecule has 2 bridgehead atoms. The Balaban J connectivity index is 1.44. The van der Waals surface area contributed by atoms with Crippen LogP contribution in [-0.2, 0) is 31.1 Å². The molecule has 2 aliphatic carbocycles. The zero-order valence-electron chi connectivity index (χ0n) is 20.8. The van der Waals surface area contributed by atoms with Gasteiger partial charge in [-0.1, -0.05) is 12.1 Å². The average Bonchev–Trinajstić information content (AvgIpc) is 3.45. The van der Waals surface area contributed by atoms with Crippen LogP contribution in [0, 0.1) is 23.6 Å². The SMILES string of the molecule is CS(=O)(=O)Nc1ccc2c(c1)S(C)(=O)=NC(C1=C(O)C3C4CCC(C4)C3N(Cc3ccc(F)cc3)C1=O)=N2. The van der Waals surface area contributed by atoms with E-state index in [9.17, 15) is 26.9 Å². The lowest BCUT2D eigenvalue weighted by atomic mass is 9.77. The lowest BCUT2D eigenvalue weighted by molar-refractivity contribution is -0.134. The van der Waals surface area contributed by atoms with Gasteiger partial charge in [0, 0.05) is 30.4 Å². The van der Waals surface area contributed by atoms with Crippen molar-refractivity contribution in [3.63, 3.8) is 0 Å². The van der Waals surface area contributed by atoms with Crippen molar-refractivity contribution in [2.24, 2.45) is 27.1 Å². The molecule has 2 N–H and O–H groups in total. The van der Waals surface area contributed by atoms with Gasteiger partial charge in [-0.05, 0) is 67.0 Å². The number of nitrogens with one attached hydrogen (secondary N) is 1. The molecule has 2 saturated carbocycles. The Labute approximate surface area is 220 Å². The number of benzene rings is 2. The van der Waals surface area contributed by atoms with E-state index in [1.54, 1.807) is 17.0 Å². The van der Waals surface area contributed by atoms with Crippen molar-refractivity contribution in [2.45, 2.75) is 36.7 Å². The van der Waals surface area contributed by atoms with Gasteiger partial charge in [-0.25, -0.2) is 22.0 Å². The molecule has 9 nitrogen and oxygen atoms in total. The number of nitrogens with zero attached hydrogens (tertiary/aromatic N) is 3. The molecule has 0 saturated heterocycles. The van der Waals surface area contributed by atoms with E-state index >= 15 is 0 Å². The van der Waals surface area contributed by atoms with Crippen LogP contribution >= 0.6 is 0 Å². The van der Waals surface area contributed by atoms with E-state index in [1.165, 1.54) is 36.6 Å². The molecule has 2 heterocycles. The Morgan fingerprint density at radius 3 is 2.58 bits per heavy atom. The molecular weight excluding hydrogens is 531 g/mol. The van der Waals surface area contributed by atoms with Gasteiger partial charge >= 0.3 is 0 Å². The maximum Gasteiger partial charge on any atom is 0.261 e. The molecule has 4 aliphatic rings. The first-order valence-corrected chi connectivity index (χ1v) is 16.1. The number of aliphatic hydroxyl groups is 1. The van der Waals surface area contributed by atoms with Crippen LogP contribution in [0.4, 0.5) is 15.8 Å². The zero-order valence-corrected chi connectivity index (χ0v) is 22.4. The molecule has 200 valence electrons. The summed E-state index contributed by atoms with van der Waals surface area (Å²) in [5.41, 5.74) is 1.22. The first kappa shape index (κ1) is 25.1. The minimum Gasteiger partial charge on any atom is -0.511 e. The summed E-state index contributed by atoms with van der Waals surface area (Å²) in [5.74, 6) is -0.749. The lowest BCUT2D eigenvalue weighted by Gasteiger charge is -2.43. The van der Waals surface area contributed by atoms with E-state index in [0.29, 0.717) is 0 Å².